The predicted molar refractivity (Wildman–Crippen MR) is 76.4 cm³/mol. The SMILES string of the molecule is Cc1ccc(Br)c(C(=O)NCc2cc(F)ccc2F)c1. The van der Waals surface area contributed by atoms with E-state index in [-0.39, 0.29) is 18.0 Å². The Hall–Kier alpha value is -1.75. The van der Waals surface area contributed by atoms with Gasteiger partial charge in [0.1, 0.15) is 11.6 Å². The van der Waals surface area contributed by atoms with Crippen LogP contribution in [0.5, 0.6) is 0 Å². The third kappa shape index (κ3) is 3.42. The fourth-order valence-corrected chi connectivity index (χ4v) is 2.19. The Kier molecular flexibility index (Phi) is 4.49. The summed E-state index contributed by atoms with van der Waals surface area (Å²) in [6, 6.07) is 8.51. The Morgan fingerprint density at radius 3 is 2.70 bits per heavy atom. The molecule has 0 spiro atoms. The largest absolute Gasteiger partial charge is 0.348 e. The predicted octanol–water partition coefficient (Wildman–Crippen LogP) is 3.97. The third-order valence-corrected chi connectivity index (χ3v) is 3.51. The Balaban J connectivity index is 2.12. The zero-order chi connectivity index (χ0) is 14.7. The van der Waals surface area contributed by atoms with Crippen molar-refractivity contribution >= 4 is 21.8 Å². The molecule has 2 aromatic carbocycles. The molecule has 1 N–H and O–H groups in total. The van der Waals surface area contributed by atoms with Crippen molar-refractivity contribution in [3.63, 3.8) is 0 Å². The van der Waals surface area contributed by atoms with Gasteiger partial charge >= 0.3 is 0 Å². The first kappa shape index (κ1) is 14.7. The van der Waals surface area contributed by atoms with Crippen molar-refractivity contribution in [2.75, 3.05) is 0 Å². The highest BCUT2D eigenvalue weighted by Gasteiger charge is 2.11. The average Bonchev–Trinajstić information content (AvgIpc) is 2.42. The fraction of sp³-hybridized carbons (Fsp3) is 0.133. The molecule has 0 aromatic heterocycles. The number of hydrogen-bond donors (Lipinski definition) is 1. The van der Waals surface area contributed by atoms with Crippen LogP contribution < -0.4 is 5.32 Å². The molecule has 0 atom stereocenters. The molecule has 0 saturated carbocycles. The van der Waals surface area contributed by atoms with Gasteiger partial charge in [0.25, 0.3) is 5.91 Å². The fourth-order valence-electron chi connectivity index (χ4n) is 1.76. The lowest BCUT2D eigenvalue weighted by molar-refractivity contribution is 0.0949. The summed E-state index contributed by atoms with van der Waals surface area (Å²) in [5, 5.41) is 2.58. The van der Waals surface area contributed by atoms with Gasteiger partial charge < -0.3 is 5.32 Å². The number of carbonyl (C=O) groups is 1. The first-order valence-corrected chi connectivity index (χ1v) is 6.75. The topological polar surface area (TPSA) is 29.1 Å². The Labute approximate surface area is 123 Å². The highest BCUT2D eigenvalue weighted by atomic mass is 79.9. The number of rotatable bonds is 3. The van der Waals surface area contributed by atoms with Crippen LogP contribution in [0.3, 0.4) is 0 Å². The van der Waals surface area contributed by atoms with E-state index >= 15 is 0 Å². The summed E-state index contributed by atoms with van der Waals surface area (Å²) < 4.78 is 27.1. The summed E-state index contributed by atoms with van der Waals surface area (Å²) in [6.45, 7) is 1.80. The van der Waals surface area contributed by atoms with E-state index in [1.54, 1.807) is 12.1 Å². The second-order valence-corrected chi connectivity index (χ2v) is 5.26. The lowest BCUT2D eigenvalue weighted by Gasteiger charge is -2.08. The van der Waals surface area contributed by atoms with Crippen LogP contribution in [0.2, 0.25) is 0 Å². The second kappa shape index (κ2) is 6.13. The lowest BCUT2D eigenvalue weighted by atomic mass is 10.1. The minimum atomic E-state index is -0.546. The molecule has 1 amide bonds. The molecule has 0 fully saturated rings. The van der Waals surface area contributed by atoms with Crippen molar-refractivity contribution in [3.05, 3.63) is 69.2 Å². The van der Waals surface area contributed by atoms with E-state index in [1.165, 1.54) is 0 Å². The molecule has 0 aliphatic carbocycles. The molecule has 0 unspecified atom stereocenters. The van der Waals surface area contributed by atoms with E-state index in [4.69, 9.17) is 0 Å². The summed E-state index contributed by atoms with van der Waals surface area (Å²) >= 11 is 3.29. The highest BCUT2D eigenvalue weighted by Crippen LogP contribution is 2.18. The second-order valence-electron chi connectivity index (χ2n) is 4.40. The Morgan fingerprint density at radius 1 is 1.20 bits per heavy atom. The van der Waals surface area contributed by atoms with E-state index < -0.39 is 11.6 Å². The van der Waals surface area contributed by atoms with Crippen LogP contribution in [0.15, 0.2) is 40.9 Å². The number of nitrogens with one attached hydrogen (secondary N) is 1. The summed E-state index contributed by atoms with van der Waals surface area (Å²) in [5.41, 5.74) is 1.51. The normalized spacial score (nSPS) is 10.4. The number of hydrogen-bond acceptors (Lipinski definition) is 1. The molecular weight excluding hydrogens is 328 g/mol. The molecule has 20 heavy (non-hydrogen) atoms. The van der Waals surface area contributed by atoms with Crippen LogP contribution in [0.25, 0.3) is 0 Å². The van der Waals surface area contributed by atoms with Crippen LogP contribution in [0.4, 0.5) is 8.78 Å². The highest BCUT2D eigenvalue weighted by molar-refractivity contribution is 9.10. The molecule has 5 heteroatoms. The average molecular weight is 340 g/mol. The number of benzene rings is 2. The van der Waals surface area contributed by atoms with Crippen LogP contribution >= 0.6 is 15.9 Å². The van der Waals surface area contributed by atoms with Crippen LogP contribution in [-0.4, -0.2) is 5.91 Å². The summed E-state index contributed by atoms with van der Waals surface area (Å²) in [5.74, 6) is -1.42. The van der Waals surface area contributed by atoms with Gasteiger partial charge in [-0.05, 0) is 53.2 Å². The van der Waals surface area contributed by atoms with E-state index in [1.807, 2.05) is 13.0 Å². The van der Waals surface area contributed by atoms with Crippen LogP contribution in [0.1, 0.15) is 21.5 Å². The maximum atomic E-state index is 13.4. The minimum Gasteiger partial charge on any atom is -0.348 e. The van der Waals surface area contributed by atoms with Gasteiger partial charge in [-0.2, -0.15) is 0 Å². The number of carbonyl (C=O) groups excluding carboxylic acids is 1. The quantitative estimate of drug-likeness (QED) is 0.900. The number of amides is 1. The van der Waals surface area contributed by atoms with E-state index in [0.29, 0.717) is 10.0 Å². The molecule has 2 aromatic rings. The monoisotopic (exact) mass is 339 g/mol. The number of halogens is 3. The minimum absolute atomic E-state index is 0.0667. The maximum Gasteiger partial charge on any atom is 0.252 e. The van der Waals surface area contributed by atoms with Crippen molar-refractivity contribution in [1.29, 1.82) is 0 Å². The van der Waals surface area contributed by atoms with E-state index in [0.717, 1.165) is 23.8 Å². The number of aryl methyl sites for hydroxylation is 1. The first-order chi connectivity index (χ1) is 9.47. The van der Waals surface area contributed by atoms with Gasteiger partial charge in [0.05, 0.1) is 5.56 Å². The van der Waals surface area contributed by atoms with Gasteiger partial charge in [0.15, 0.2) is 0 Å². The van der Waals surface area contributed by atoms with Gasteiger partial charge in [0.2, 0.25) is 0 Å². The van der Waals surface area contributed by atoms with Crippen molar-refractivity contribution < 1.29 is 13.6 Å². The molecule has 2 nitrogen and oxygen atoms in total. The zero-order valence-electron chi connectivity index (χ0n) is 10.7. The maximum absolute atomic E-state index is 13.4. The van der Waals surface area contributed by atoms with Gasteiger partial charge in [0, 0.05) is 16.6 Å². The Bertz CT molecular complexity index is 658. The van der Waals surface area contributed by atoms with Crippen molar-refractivity contribution in [2.45, 2.75) is 13.5 Å². The molecule has 2 rings (SSSR count). The van der Waals surface area contributed by atoms with Gasteiger partial charge in [-0.25, -0.2) is 8.78 Å². The summed E-state index contributed by atoms with van der Waals surface area (Å²) in [6.07, 6.45) is 0. The lowest BCUT2D eigenvalue weighted by Crippen LogP contribution is -2.23. The molecule has 0 radical (unpaired) electrons. The summed E-state index contributed by atoms with van der Waals surface area (Å²) in [7, 11) is 0. The third-order valence-electron chi connectivity index (χ3n) is 2.81. The van der Waals surface area contributed by atoms with Crippen molar-refractivity contribution in [3.8, 4) is 0 Å². The molecule has 0 heterocycles. The van der Waals surface area contributed by atoms with Crippen LogP contribution in [-0.2, 0) is 6.54 Å². The summed E-state index contributed by atoms with van der Waals surface area (Å²) in [4.78, 5) is 12.0. The zero-order valence-corrected chi connectivity index (χ0v) is 12.3. The van der Waals surface area contributed by atoms with E-state index in [2.05, 4.69) is 21.2 Å². The van der Waals surface area contributed by atoms with Crippen molar-refractivity contribution in [1.82, 2.24) is 5.32 Å². The molecule has 104 valence electrons. The molecule has 0 aliphatic rings. The van der Waals surface area contributed by atoms with Crippen molar-refractivity contribution in [2.24, 2.45) is 0 Å². The molecule has 0 bridgehead atoms. The van der Waals surface area contributed by atoms with Gasteiger partial charge in [-0.1, -0.05) is 11.6 Å². The van der Waals surface area contributed by atoms with Gasteiger partial charge in [-0.15, -0.1) is 0 Å². The Morgan fingerprint density at radius 2 is 1.95 bits per heavy atom. The van der Waals surface area contributed by atoms with Gasteiger partial charge in [-0.3, -0.25) is 4.79 Å². The molecular formula is C15H12BrF2NO. The van der Waals surface area contributed by atoms with E-state index in [9.17, 15) is 13.6 Å². The van der Waals surface area contributed by atoms with Crippen LogP contribution in [0, 0.1) is 18.6 Å². The smallest absolute Gasteiger partial charge is 0.252 e. The molecule has 0 saturated heterocycles. The molecule has 0 aliphatic heterocycles. The standard InChI is InChI=1S/C15H12BrF2NO/c1-9-2-4-13(16)12(6-9)15(20)19-8-10-7-11(17)3-5-14(10)18/h2-7H,8H2,1H3,(H,19,20). The first-order valence-electron chi connectivity index (χ1n) is 5.95.